The number of rotatable bonds is 7. The number of nitrogens with two attached hydrogens (primary N) is 1. The molecule has 0 saturated heterocycles. The number of carbonyl (C=O) groups is 1. The fraction of sp³-hybridized carbons (Fsp3) is 0.571. The summed E-state index contributed by atoms with van der Waals surface area (Å²) in [7, 11) is 0. The Morgan fingerprint density at radius 1 is 1.50 bits per heavy atom. The molecule has 0 aliphatic rings. The van der Waals surface area contributed by atoms with Gasteiger partial charge in [0.25, 0.3) is 0 Å². The van der Waals surface area contributed by atoms with E-state index in [0.29, 0.717) is 24.7 Å². The predicted octanol–water partition coefficient (Wildman–Crippen LogP) is 2.48. The normalized spacial score (nSPS) is 12.2. The number of carbonyl (C=O) groups excluding carboxylic acids is 1. The van der Waals surface area contributed by atoms with Crippen LogP contribution in [-0.2, 0) is 4.79 Å². The number of nitrogens with one attached hydrogen (secondary N) is 1. The zero-order valence-electron chi connectivity index (χ0n) is 11.3. The zero-order chi connectivity index (χ0) is 13.4. The van der Waals surface area contributed by atoms with Crippen LogP contribution in [0.3, 0.4) is 0 Å². The van der Waals surface area contributed by atoms with Crippen LogP contribution in [0.5, 0.6) is 0 Å². The summed E-state index contributed by atoms with van der Waals surface area (Å²) >= 11 is 0. The van der Waals surface area contributed by atoms with E-state index in [1.165, 1.54) is 0 Å². The quantitative estimate of drug-likeness (QED) is 0.780. The molecule has 3 N–H and O–H groups in total. The molecule has 0 aliphatic carbocycles. The van der Waals surface area contributed by atoms with E-state index in [-0.39, 0.29) is 5.91 Å². The lowest BCUT2D eigenvalue weighted by Gasteiger charge is -2.13. The van der Waals surface area contributed by atoms with Crippen molar-refractivity contribution in [2.45, 2.75) is 39.5 Å². The summed E-state index contributed by atoms with van der Waals surface area (Å²) in [6, 6.07) is 3.80. The largest absolute Gasteiger partial charge is 0.330 e. The second-order valence-electron chi connectivity index (χ2n) is 4.61. The van der Waals surface area contributed by atoms with E-state index in [9.17, 15) is 4.79 Å². The number of pyridine rings is 1. The first kappa shape index (κ1) is 14.6. The molecule has 0 aromatic carbocycles. The summed E-state index contributed by atoms with van der Waals surface area (Å²) in [5.41, 5.74) is 6.53. The van der Waals surface area contributed by atoms with Gasteiger partial charge < -0.3 is 11.1 Å². The molecular formula is C14H23N3O. The summed E-state index contributed by atoms with van der Waals surface area (Å²) in [5, 5.41) is 2.85. The lowest BCUT2D eigenvalue weighted by atomic mass is 9.96. The van der Waals surface area contributed by atoms with Crippen molar-refractivity contribution in [3.63, 3.8) is 0 Å². The van der Waals surface area contributed by atoms with Crippen molar-refractivity contribution in [3.05, 3.63) is 23.9 Å². The Labute approximate surface area is 109 Å². The van der Waals surface area contributed by atoms with Crippen LogP contribution in [0.2, 0.25) is 0 Å². The molecule has 4 heteroatoms. The molecular weight excluding hydrogens is 226 g/mol. The van der Waals surface area contributed by atoms with Gasteiger partial charge in [-0.3, -0.25) is 4.79 Å². The molecule has 0 spiro atoms. The topological polar surface area (TPSA) is 68.0 Å². The SMILES string of the molecule is CCC(CCN)CCC(=O)Nc1ncccc1C. The van der Waals surface area contributed by atoms with E-state index >= 15 is 0 Å². The molecule has 1 heterocycles. The number of aromatic nitrogens is 1. The fourth-order valence-corrected chi connectivity index (χ4v) is 1.93. The molecule has 4 nitrogen and oxygen atoms in total. The molecule has 1 aromatic rings. The van der Waals surface area contributed by atoms with E-state index in [1.54, 1.807) is 6.20 Å². The summed E-state index contributed by atoms with van der Waals surface area (Å²) < 4.78 is 0. The van der Waals surface area contributed by atoms with Crippen molar-refractivity contribution in [1.82, 2.24) is 4.98 Å². The van der Waals surface area contributed by atoms with Gasteiger partial charge in [0.2, 0.25) is 5.91 Å². The molecule has 0 fully saturated rings. The molecule has 0 radical (unpaired) electrons. The maximum atomic E-state index is 11.8. The first-order valence-electron chi connectivity index (χ1n) is 6.58. The molecule has 1 amide bonds. The van der Waals surface area contributed by atoms with E-state index in [2.05, 4.69) is 17.2 Å². The third-order valence-corrected chi connectivity index (χ3v) is 3.20. The number of aryl methyl sites for hydroxylation is 1. The fourth-order valence-electron chi connectivity index (χ4n) is 1.93. The third kappa shape index (κ3) is 4.84. The Morgan fingerprint density at radius 2 is 2.28 bits per heavy atom. The first-order chi connectivity index (χ1) is 8.67. The highest BCUT2D eigenvalue weighted by Crippen LogP contribution is 2.16. The average Bonchev–Trinajstić information content (AvgIpc) is 2.37. The smallest absolute Gasteiger partial charge is 0.225 e. The van der Waals surface area contributed by atoms with Gasteiger partial charge in [-0.15, -0.1) is 0 Å². The van der Waals surface area contributed by atoms with E-state index in [4.69, 9.17) is 5.73 Å². The summed E-state index contributed by atoms with van der Waals surface area (Å²) in [5.74, 6) is 1.24. The molecule has 1 rings (SSSR count). The van der Waals surface area contributed by atoms with E-state index < -0.39 is 0 Å². The van der Waals surface area contributed by atoms with Crippen molar-refractivity contribution in [1.29, 1.82) is 0 Å². The standard InChI is InChI=1S/C14H23N3O/c1-3-12(8-9-15)6-7-13(18)17-14-11(2)5-4-10-16-14/h4-5,10,12H,3,6-9,15H2,1-2H3,(H,16,17,18). The van der Waals surface area contributed by atoms with Crippen molar-refractivity contribution in [2.75, 3.05) is 11.9 Å². The summed E-state index contributed by atoms with van der Waals surface area (Å²) in [6.07, 6.45) is 5.19. The van der Waals surface area contributed by atoms with Gasteiger partial charge in [0.1, 0.15) is 5.82 Å². The van der Waals surface area contributed by atoms with Gasteiger partial charge in [0.15, 0.2) is 0 Å². The maximum absolute atomic E-state index is 11.8. The van der Waals surface area contributed by atoms with Crippen molar-refractivity contribution < 1.29 is 4.79 Å². The van der Waals surface area contributed by atoms with Gasteiger partial charge in [-0.05, 0) is 43.9 Å². The van der Waals surface area contributed by atoms with Gasteiger partial charge >= 0.3 is 0 Å². The summed E-state index contributed by atoms with van der Waals surface area (Å²) in [4.78, 5) is 16.0. The highest BCUT2D eigenvalue weighted by atomic mass is 16.1. The molecule has 100 valence electrons. The first-order valence-corrected chi connectivity index (χ1v) is 6.58. The minimum absolute atomic E-state index is 0.0345. The molecule has 1 atom stereocenters. The average molecular weight is 249 g/mol. The van der Waals surface area contributed by atoms with Gasteiger partial charge in [-0.25, -0.2) is 4.98 Å². The van der Waals surface area contributed by atoms with Crippen molar-refractivity contribution >= 4 is 11.7 Å². The Balaban J connectivity index is 2.40. The second kappa shape index (κ2) is 7.82. The molecule has 0 saturated carbocycles. The van der Waals surface area contributed by atoms with E-state index in [1.807, 2.05) is 19.1 Å². The number of nitrogens with zero attached hydrogens (tertiary/aromatic N) is 1. The van der Waals surface area contributed by atoms with Crippen LogP contribution in [0.4, 0.5) is 5.82 Å². The van der Waals surface area contributed by atoms with E-state index in [0.717, 1.165) is 24.8 Å². The molecule has 1 unspecified atom stereocenters. The highest BCUT2D eigenvalue weighted by Gasteiger charge is 2.10. The number of hydrogen-bond donors (Lipinski definition) is 2. The number of amides is 1. The minimum Gasteiger partial charge on any atom is -0.330 e. The number of anilines is 1. The molecule has 18 heavy (non-hydrogen) atoms. The second-order valence-corrected chi connectivity index (χ2v) is 4.61. The lowest BCUT2D eigenvalue weighted by Crippen LogP contribution is -2.16. The monoisotopic (exact) mass is 249 g/mol. The molecule has 0 bridgehead atoms. The third-order valence-electron chi connectivity index (χ3n) is 3.20. The van der Waals surface area contributed by atoms with Gasteiger partial charge in [0, 0.05) is 12.6 Å². The Kier molecular flexibility index (Phi) is 6.36. The lowest BCUT2D eigenvalue weighted by molar-refractivity contribution is -0.116. The van der Waals surface area contributed by atoms with Crippen LogP contribution < -0.4 is 11.1 Å². The van der Waals surface area contributed by atoms with Crippen molar-refractivity contribution in [3.8, 4) is 0 Å². The van der Waals surface area contributed by atoms with Crippen LogP contribution in [0, 0.1) is 12.8 Å². The van der Waals surface area contributed by atoms with Crippen LogP contribution in [0.1, 0.15) is 38.2 Å². The van der Waals surface area contributed by atoms with Gasteiger partial charge in [0.05, 0.1) is 0 Å². The number of hydrogen-bond acceptors (Lipinski definition) is 3. The summed E-state index contributed by atoms with van der Waals surface area (Å²) in [6.45, 7) is 4.77. The van der Waals surface area contributed by atoms with Crippen LogP contribution in [0.25, 0.3) is 0 Å². The van der Waals surface area contributed by atoms with Crippen LogP contribution in [0.15, 0.2) is 18.3 Å². The van der Waals surface area contributed by atoms with Crippen LogP contribution >= 0.6 is 0 Å². The molecule has 0 aliphatic heterocycles. The Hall–Kier alpha value is -1.42. The Morgan fingerprint density at radius 3 is 2.89 bits per heavy atom. The van der Waals surface area contributed by atoms with Gasteiger partial charge in [-0.2, -0.15) is 0 Å². The Bertz CT molecular complexity index is 379. The zero-order valence-corrected chi connectivity index (χ0v) is 11.3. The highest BCUT2D eigenvalue weighted by molar-refractivity contribution is 5.90. The molecule has 1 aromatic heterocycles. The predicted molar refractivity (Wildman–Crippen MR) is 74.3 cm³/mol. The van der Waals surface area contributed by atoms with Crippen molar-refractivity contribution in [2.24, 2.45) is 11.7 Å². The minimum atomic E-state index is 0.0345. The maximum Gasteiger partial charge on any atom is 0.225 e. The van der Waals surface area contributed by atoms with Gasteiger partial charge in [-0.1, -0.05) is 19.4 Å². The van der Waals surface area contributed by atoms with Crippen LogP contribution in [-0.4, -0.2) is 17.4 Å².